The first kappa shape index (κ1) is 16.2. The Kier molecular flexibility index (Phi) is 4.95. The van der Waals surface area contributed by atoms with Gasteiger partial charge in [0.2, 0.25) is 5.91 Å². The van der Waals surface area contributed by atoms with E-state index in [9.17, 15) is 18.4 Å². The highest BCUT2D eigenvalue weighted by molar-refractivity contribution is 6.04. The number of halogens is 2. The van der Waals surface area contributed by atoms with Crippen LogP contribution in [-0.2, 0) is 14.3 Å². The topological polar surface area (TPSA) is 58.6 Å². The zero-order chi connectivity index (χ0) is 16.3. The maximum Gasteiger partial charge on any atom is 0.305 e. The lowest BCUT2D eigenvalue weighted by Crippen LogP contribution is -2.47. The number of hydrogen-bond acceptors (Lipinski definition) is 4. The van der Waals surface area contributed by atoms with E-state index < -0.39 is 17.7 Å². The molecule has 0 saturated carbocycles. The second-order valence-electron chi connectivity index (χ2n) is 5.06. The van der Waals surface area contributed by atoms with Crippen molar-refractivity contribution in [2.75, 3.05) is 23.9 Å². The predicted octanol–water partition coefficient (Wildman–Crippen LogP) is 2.46. The van der Waals surface area contributed by atoms with Crippen molar-refractivity contribution in [3.8, 4) is 0 Å². The third-order valence-electron chi connectivity index (χ3n) is 3.62. The van der Waals surface area contributed by atoms with E-state index in [1.807, 2.05) is 6.92 Å². The number of esters is 1. The van der Waals surface area contributed by atoms with Crippen LogP contribution in [0.2, 0.25) is 0 Å². The van der Waals surface area contributed by atoms with Gasteiger partial charge in [-0.1, -0.05) is 6.92 Å². The summed E-state index contributed by atoms with van der Waals surface area (Å²) < 4.78 is 31.4. The maximum absolute atomic E-state index is 13.5. The smallest absolute Gasteiger partial charge is 0.305 e. The number of carbonyl (C=O) groups excluding carboxylic acids is 2. The second-order valence-corrected chi connectivity index (χ2v) is 5.06. The summed E-state index contributed by atoms with van der Waals surface area (Å²) >= 11 is 0. The highest BCUT2D eigenvalue weighted by Gasteiger charge is 2.32. The summed E-state index contributed by atoms with van der Waals surface area (Å²) in [6, 6.07) is 1.56. The normalized spacial score (nSPS) is 17.0. The minimum absolute atomic E-state index is 0.156. The molecule has 2 rings (SSSR count). The molecular weight excluding hydrogens is 294 g/mol. The molecule has 1 aliphatic rings. The van der Waals surface area contributed by atoms with Crippen molar-refractivity contribution < 1.29 is 23.1 Å². The number of carbonyl (C=O) groups is 2. The highest BCUT2D eigenvalue weighted by Crippen LogP contribution is 2.34. The van der Waals surface area contributed by atoms with Crippen LogP contribution in [0.3, 0.4) is 0 Å². The number of ether oxygens (including phenoxy) is 1. The van der Waals surface area contributed by atoms with Crippen molar-refractivity contribution >= 4 is 23.3 Å². The zero-order valence-corrected chi connectivity index (χ0v) is 12.5. The summed E-state index contributed by atoms with van der Waals surface area (Å²) in [5.41, 5.74) is 0.668. The molecule has 1 heterocycles. The average Bonchev–Trinajstić information content (AvgIpc) is 2.50. The van der Waals surface area contributed by atoms with Gasteiger partial charge in [-0.15, -0.1) is 0 Å². The number of rotatable bonds is 5. The van der Waals surface area contributed by atoms with Crippen molar-refractivity contribution in [1.29, 1.82) is 0 Å². The van der Waals surface area contributed by atoms with E-state index in [0.29, 0.717) is 24.2 Å². The summed E-state index contributed by atoms with van der Waals surface area (Å²) in [4.78, 5) is 24.9. The Labute approximate surface area is 127 Å². The molecule has 120 valence electrons. The molecule has 0 spiro atoms. The van der Waals surface area contributed by atoms with Crippen molar-refractivity contribution in [2.24, 2.45) is 0 Å². The molecule has 0 bridgehead atoms. The molecule has 1 amide bonds. The molecule has 0 radical (unpaired) electrons. The quantitative estimate of drug-likeness (QED) is 0.849. The summed E-state index contributed by atoms with van der Waals surface area (Å²) in [5, 5.41) is 2.92. The Morgan fingerprint density at radius 2 is 2.05 bits per heavy atom. The number of nitrogens with one attached hydrogen (secondary N) is 1. The summed E-state index contributed by atoms with van der Waals surface area (Å²) in [6.07, 6.45) is 1.06. The van der Waals surface area contributed by atoms with Crippen LogP contribution in [0.25, 0.3) is 0 Å². The average molecular weight is 312 g/mol. The van der Waals surface area contributed by atoms with Gasteiger partial charge in [-0.05, 0) is 12.8 Å². The van der Waals surface area contributed by atoms with Crippen LogP contribution >= 0.6 is 0 Å². The fourth-order valence-corrected chi connectivity index (χ4v) is 2.42. The van der Waals surface area contributed by atoms with Gasteiger partial charge in [-0.25, -0.2) is 8.78 Å². The van der Waals surface area contributed by atoms with Crippen molar-refractivity contribution in [1.82, 2.24) is 0 Å². The number of benzene rings is 1. The number of anilines is 2. The number of hydrogen-bond donors (Lipinski definition) is 1. The predicted molar refractivity (Wildman–Crippen MR) is 77.7 cm³/mol. The van der Waals surface area contributed by atoms with Gasteiger partial charge in [-0.2, -0.15) is 0 Å². The molecule has 5 nitrogen and oxygen atoms in total. The minimum atomic E-state index is -1.01. The third-order valence-corrected chi connectivity index (χ3v) is 3.62. The molecule has 0 saturated heterocycles. The lowest BCUT2D eigenvalue weighted by atomic mass is 10.1. The molecule has 0 aromatic heterocycles. The summed E-state index contributed by atoms with van der Waals surface area (Å²) in [6.45, 7) is 2.07. The largest absolute Gasteiger partial charge is 0.469 e. The number of amides is 1. The fraction of sp³-hybridized carbons (Fsp3) is 0.467. The van der Waals surface area contributed by atoms with E-state index in [-0.39, 0.29) is 24.8 Å². The summed E-state index contributed by atoms with van der Waals surface area (Å²) in [7, 11) is 1.29. The SMILES string of the molecule is CCC1Nc2cc(F)c(F)cc2N(CCCC(=O)OC)C1=O. The lowest BCUT2D eigenvalue weighted by Gasteiger charge is -2.35. The summed E-state index contributed by atoms with van der Waals surface area (Å²) in [5.74, 6) is -2.57. The van der Waals surface area contributed by atoms with E-state index in [2.05, 4.69) is 10.1 Å². The van der Waals surface area contributed by atoms with E-state index in [4.69, 9.17) is 0 Å². The standard InChI is InChI=1S/C15H18F2N2O3/c1-3-11-15(21)19(6-4-5-14(20)22-2)13-8-10(17)9(16)7-12(13)18-11/h7-8,11,18H,3-6H2,1-2H3. The first-order valence-electron chi connectivity index (χ1n) is 7.11. The Morgan fingerprint density at radius 3 is 2.68 bits per heavy atom. The van der Waals surface area contributed by atoms with E-state index in [1.54, 1.807) is 0 Å². The van der Waals surface area contributed by atoms with Crippen molar-refractivity contribution in [3.63, 3.8) is 0 Å². The first-order chi connectivity index (χ1) is 10.5. The molecule has 1 aromatic carbocycles. The molecule has 1 unspecified atom stereocenters. The third kappa shape index (κ3) is 3.18. The second kappa shape index (κ2) is 6.72. The van der Waals surface area contributed by atoms with E-state index in [1.165, 1.54) is 12.0 Å². The van der Waals surface area contributed by atoms with E-state index >= 15 is 0 Å². The Bertz CT molecular complexity index is 592. The lowest BCUT2D eigenvalue weighted by molar-refractivity contribution is -0.140. The number of nitrogens with zero attached hydrogens (tertiary/aromatic N) is 1. The van der Waals surface area contributed by atoms with Crippen LogP contribution in [0.5, 0.6) is 0 Å². The molecule has 0 aliphatic carbocycles. The van der Waals surface area contributed by atoms with Crippen LogP contribution in [0, 0.1) is 11.6 Å². The minimum Gasteiger partial charge on any atom is -0.469 e. The monoisotopic (exact) mass is 312 g/mol. The van der Waals surface area contributed by atoms with Gasteiger partial charge in [0.15, 0.2) is 11.6 Å². The maximum atomic E-state index is 13.5. The fourth-order valence-electron chi connectivity index (χ4n) is 2.42. The van der Waals surface area contributed by atoms with Crippen LogP contribution in [-0.4, -0.2) is 31.6 Å². The molecule has 7 heteroatoms. The number of fused-ring (bicyclic) bond motifs is 1. The molecule has 0 fully saturated rings. The van der Waals surface area contributed by atoms with Gasteiger partial charge >= 0.3 is 5.97 Å². The van der Waals surface area contributed by atoms with Crippen LogP contribution in [0.15, 0.2) is 12.1 Å². The van der Waals surface area contributed by atoms with Gasteiger partial charge in [-0.3, -0.25) is 9.59 Å². The molecule has 22 heavy (non-hydrogen) atoms. The van der Waals surface area contributed by atoms with Crippen molar-refractivity contribution in [3.05, 3.63) is 23.8 Å². The highest BCUT2D eigenvalue weighted by atomic mass is 19.2. The molecule has 1 atom stereocenters. The van der Waals surface area contributed by atoms with Crippen molar-refractivity contribution in [2.45, 2.75) is 32.2 Å². The van der Waals surface area contributed by atoms with Gasteiger partial charge in [0.05, 0.1) is 18.5 Å². The molecule has 1 N–H and O–H groups in total. The Morgan fingerprint density at radius 1 is 1.36 bits per heavy atom. The Hall–Kier alpha value is -2.18. The van der Waals surface area contributed by atoms with E-state index in [0.717, 1.165) is 12.1 Å². The Balaban J connectivity index is 2.25. The van der Waals surface area contributed by atoms with Gasteiger partial charge in [0.1, 0.15) is 6.04 Å². The molecule has 1 aliphatic heterocycles. The van der Waals surface area contributed by atoms with Crippen LogP contribution < -0.4 is 10.2 Å². The van der Waals surface area contributed by atoms with Gasteiger partial charge in [0, 0.05) is 25.1 Å². The van der Waals surface area contributed by atoms with Gasteiger partial charge < -0.3 is 15.0 Å². The van der Waals surface area contributed by atoms with Crippen LogP contribution in [0.1, 0.15) is 26.2 Å². The first-order valence-corrected chi connectivity index (χ1v) is 7.11. The number of methoxy groups -OCH3 is 1. The van der Waals surface area contributed by atoms with Gasteiger partial charge in [0.25, 0.3) is 0 Å². The molecular formula is C15H18F2N2O3. The molecule has 1 aromatic rings. The van der Waals surface area contributed by atoms with Crippen LogP contribution in [0.4, 0.5) is 20.2 Å². The zero-order valence-electron chi connectivity index (χ0n) is 12.5.